The Labute approximate surface area is 191 Å². The lowest BCUT2D eigenvalue weighted by Crippen LogP contribution is -2.26. The second-order valence-corrected chi connectivity index (χ2v) is 9.31. The molecule has 0 N–H and O–H groups in total. The van der Waals surface area contributed by atoms with Crippen LogP contribution < -0.4 is 4.74 Å². The summed E-state index contributed by atoms with van der Waals surface area (Å²) in [5.41, 5.74) is 4.64. The van der Waals surface area contributed by atoms with E-state index in [2.05, 4.69) is 75.1 Å². The van der Waals surface area contributed by atoms with E-state index in [1.54, 1.807) is 11.3 Å². The van der Waals surface area contributed by atoms with Crippen molar-refractivity contribution in [1.29, 1.82) is 0 Å². The summed E-state index contributed by atoms with van der Waals surface area (Å²) in [5, 5.41) is 1.03. The summed E-state index contributed by atoms with van der Waals surface area (Å²) in [5.74, 6) is 1.00. The van der Waals surface area contributed by atoms with Crippen LogP contribution in [-0.2, 0) is 0 Å². The number of benzene rings is 2. The van der Waals surface area contributed by atoms with E-state index in [-0.39, 0.29) is 0 Å². The lowest BCUT2D eigenvalue weighted by atomic mass is 10.0. The minimum absolute atomic E-state index is 0.762. The van der Waals surface area contributed by atoms with Gasteiger partial charge in [-0.2, -0.15) is 0 Å². The first-order valence-corrected chi connectivity index (χ1v) is 12.4. The van der Waals surface area contributed by atoms with Crippen molar-refractivity contribution in [3.63, 3.8) is 0 Å². The quantitative estimate of drug-likeness (QED) is 0.277. The third-order valence-corrected chi connectivity index (χ3v) is 6.36. The Balaban J connectivity index is 1.63. The first-order valence-electron chi connectivity index (χ1n) is 11.6. The highest BCUT2D eigenvalue weighted by molar-refractivity contribution is 7.19. The number of thiazole rings is 1. The monoisotopic (exact) mass is 436 g/mol. The summed E-state index contributed by atoms with van der Waals surface area (Å²) in [6.07, 6.45) is 8.98. The molecule has 0 amide bonds. The predicted octanol–water partition coefficient (Wildman–Crippen LogP) is 7.36. The SMILES string of the molecule is CCCN(CCC)CCCCOc1c(C)cc(C)cc1C=Cc1nc2ccccc2s1. The minimum atomic E-state index is 0.762. The number of fused-ring (bicyclic) bond motifs is 1. The summed E-state index contributed by atoms with van der Waals surface area (Å²) in [6.45, 7) is 13.1. The van der Waals surface area contributed by atoms with Gasteiger partial charge in [0.15, 0.2) is 0 Å². The van der Waals surface area contributed by atoms with Crippen molar-refractivity contribution < 1.29 is 4.74 Å². The second kappa shape index (κ2) is 12.0. The van der Waals surface area contributed by atoms with Crippen LogP contribution in [0.5, 0.6) is 5.75 Å². The van der Waals surface area contributed by atoms with Crippen LogP contribution in [0.15, 0.2) is 36.4 Å². The molecule has 0 saturated carbocycles. The number of aryl methyl sites for hydroxylation is 2. The van der Waals surface area contributed by atoms with Gasteiger partial charge in [0.1, 0.15) is 10.8 Å². The summed E-state index contributed by atoms with van der Waals surface area (Å²) in [6, 6.07) is 12.7. The standard InChI is InChI=1S/C27H36N2OS/c1-5-15-29(16-6-2)17-9-10-18-30-27-22(4)19-21(3)20-23(27)13-14-26-28-24-11-7-8-12-25(24)31-26/h7-8,11-14,19-20H,5-6,9-10,15-18H2,1-4H3. The van der Waals surface area contributed by atoms with E-state index >= 15 is 0 Å². The lowest BCUT2D eigenvalue weighted by Gasteiger charge is -2.21. The van der Waals surface area contributed by atoms with Crippen molar-refractivity contribution in [3.05, 3.63) is 58.1 Å². The zero-order valence-corrected chi connectivity index (χ0v) is 20.3. The fraction of sp³-hybridized carbons (Fsp3) is 0.444. The average Bonchev–Trinajstić information content (AvgIpc) is 3.16. The van der Waals surface area contributed by atoms with E-state index in [1.807, 2.05) is 6.07 Å². The summed E-state index contributed by atoms with van der Waals surface area (Å²) in [7, 11) is 0. The molecular formula is C27H36N2OS. The lowest BCUT2D eigenvalue weighted by molar-refractivity contribution is 0.249. The van der Waals surface area contributed by atoms with Crippen LogP contribution in [0, 0.1) is 13.8 Å². The number of nitrogens with zero attached hydrogens (tertiary/aromatic N) is 2. The Hall–Kier alpha value is -2.17. The van der Waals surface area contributed by atoms with Crippen molar-refractivity contribution in [2.45, 2.75) is 53.4 Å². The number of para-hydroxylation sites is 1. The molecule has 0 bridgehead atoms. The molecule has 0 radical (unpaired) electrons. The van der Waals surface area contributed by atoms with E-state index in [4.69, 9.17) is 9.72 Å². The van der Waals surface area contributed by atoms with E-state index in [1.165, 1.54) is 54.7 Å². The first-order chi connectivity index (χ1) is 15.1. The number of rotatable bonds is 12. The smallest absolute Gasteiger partial charge is 0.129 e. The van der Waals surface area contributed by atoms with Gasteiger partial charge < -0.3 is 9.64 Å². The molecule has 3 rings (SSSR count). The zero-order valence-electron chi connectivity index (χ0n) is 19.5. The number of hydrogen-bond acceptors (Lipinski definition) is 4. The van der Waals surface area contributed by atoms with Gasteiger partial charge in [0.2, 0.25) is 0 Å². The van der Waals surface area contributed by atoms with E-state index in [9.17, 15) is 0 Å². The topological polar surface area (TPSA) is 25.4 Å². The normalized spacial score (nSPS) is 11.8. The highest BCUT2D eigenvalue weighted by Gasteiger charge is 2.08. The molecule has 0 aliphatic rings. The van der Waals surface area contributed by atoms with Gasteiger partial charge in [0, 0.05) is 5.56 Å². The van der Waals surface area contributed by atoms with Gasteiger partial charge in [-0.3, -0.25) is 0 Å². The Morgan fingerprint density at radius 2 is 1.74 bits per heavy atom. The Kier molecular flexibility index (Phi) is 9.11. The van der Waals surface area contributed by atoms with Gasteiger partial charge in [0.05, 0.1) is 16.8 Å². The van der Waals surface area contributed by atoms with Crippen LogP contribution in [0.4, 0.5) is 0 Å². The molecule has 4 heteroatoms. The summed E-state index contributed by atoms with van der Waals surface area (Å²) < 4.78 is 7.51. The molecule has 1 aromatic heterocycles. The number of aromatic nitrogens is 1. The number of unbranched alkanes of at least 4 members (excludes halogenated alkanes) is 1. The zero-order chi connectivity index (χ0) is 22.1. The minimum Gasteiger partial charge on any atom is -0.493 e. The van der Waals surface area contributed by atoms with Gasteiger partial charge in [-0.25, -0.2) is 4.98 Å². The van der Waals surface area contributed by atoms with Gasteiger partial charge in [-0.05, 0) is 95.1 Å². The molecule has 2 aromatic carbocycles. The Bertz CT molecular complexity index is 953. The maximum Gasteiger partial charge on any atom is 0.129 e. The van der Waals surface area contributed by atoms with Crippen LogP contribution in [0.25, 0.3) is 22.4 Å². The van der Waals surface area contributed by atoms with Gasteiger partial charge >= 0.3 is 0 Å². The van der Waals surface area contributed by atoms with Crippen molar-refractivity contribution in [2.24, 2.45) is 0 Å². The van der Waals surface area contributed by atoms with E-state index < -0.39 is 0 Å². The third kappa shape index (κ3) is 6.91. The fourth-order valence-electron chi connectivity index (χ4n) is 4.01. The van der Waals surface area contributed by atoms with Crippen LogP contribution in [0.3, 0.4) is 0 Å². The molecule has 0 spiro atoms. The maximum absolute atomic E-state index is 6.29. The van der Waals surface area contributed by atoms with Crippen molar-refractivity contribution >= 4 is 33.7 Å². The molecule has 0 atom stereocenters. The van der Waals surface area contributed by atoms with Crippen molar-refractivity contribution in [2.75, 3.05) is 26.2 Å². The molecule has 0 fully saturated rings. The van der Waals surface area contributed by atoms with Crippen molar-refractivity contribution in [1.82, 2.24) is 9.88 Å². The molecular weight excluding hydrogens is 400 g/mol. The summed E-state index contributed by atoms with van der Waals surface area (Å²) >= 11 is 1.72. The van der Waals surface area contributed by atoms with Gasteiger partial charge in [0.25, 0.3) is 0 Å². The molecule has 0 saturated heterocycles. The molecule has 3 aromatic rings. The van der Waals surface area contributed by atoms with Crippen LogP contribution >= 0.6 is 11.3 Å². The molecule has 0 unspecified atom stereocenters. The van der Waals surface area contributed by atoms with E-state index in [0.717, 1.165) is 34.9 Å². The van der Waals surface area contributed by atoms with Gasteiger partial charge in [-0.15, -0.1) is 11.3 Å². The number of ether oxygens (including phenoxy) is 1. The highest BCUT2D eigenvalue weighted by atomic mass is 32.1. The second-order valence-electron chi connectivity index (χ2n) is 8.25. The molecule has 0 aliphatic heterocycles. The molecule has 1 heterocycles. The first kappa shape index (κ1) is 23.5. The molecule has 31 heavy (non-hydrogen) atoms. The molecule has 0 aliphatic carbocycles. The Morgan fingerprint density at radius 1 is 0.968 bits per heavy atom. The number of hydrogen-bond donors (Lipinski definition) is 0. The highest BCUT2D eigenvalue weighted by Crippen LogP contribution is 2.29. The van der Waals surface area contributed by atoms with Crippen molar-refractivity contribution in [3.8, 4) is 5.75 Å². The van der Waals surface area contributed by atoms with Gasteiger partial charge in [-0.1, -0.05) is 37.6 Å². The maximum atomic E-state index is 6.29. The summed E-state index contributed by atoms with van der Waals surface area (Å²) in [4.78, 5) is 7.29. The van der Waals surface area contributed by atoms with Crippen LogP contribution in [0.1, 0.15) is 61.2 Å². The molecule has 3 nitrogen and oxygen atoms in total. The van der Waals surface area contributed by atoms with E-state index in [0.29, 0.717) is 0 Å². The van der Waals surface area contributed by atoms with Crippen LogP contribution in [-0.4, -0.2) is 36.1 Å². The Morgan fingerprint density at radius 3 is 2.48 bits per heavy atom. The fourth-order valence-corrected chi connectivity index (χ4v) is 4.88. The van der Waals surface area contributed by atoms with Crippen LogP contribution in [0.2, 0.25) is 0 Å². The predicted molar refractivity (Wildman–Crippen MR) is 136 cm³/mol. The third-order valence-electron chi connectivity index (χ3n) is 5.36. The largest absolute Gasteiger partial charge is 0.493 e. The average molecular weight is 437 g/mol. The molecule has 166 valence electrons.